The third-order valence-corrected chi connectivity index (χ3v) is 5.03. The Morgan fingerprint density at radius 3 is 1.43 bits per heavy atom. The number of nitrogens with zero attached hydrogens (tertiary/aromatic N) is 5. The lowest BCUT2D eigenvalue weighted by molar-refractivity contribution is -0.128. The fourth-order valence-corrected chi connectivity index (χ4v) is 2.79. The minimum atomic E-state index is -0.476. The molecule has 0 saturated carbocycles. The third-order valence-electron chi connectivity index (χ3n) is 5.03. The Morgan fingerprint density at radius 2 is 1.22 bits per heavy atom. The molecule has 3 aliphatic rings. The van der Waals surface area contributed by atoms with E-state index in [1.54, 1.807) is 25.7 Å². The Balaban J connectivity index is 0. The number of ketones is 1. The summed E-state index contributed by atoms with van der Waals surface area (Å²) in [5.41, 5.74) is -0.865. The highest BCUT2D eigenvalue weighted by atomic mass is 35.5. The molecule has 37 heavy (non-hydrogen) atoms. The average Bonchev–Trinajstić information content (AvgIpc) is 2.53. The zero-order chi connectivity index (χ0) is 28.3. The van der Waals surface area contributed by atoms with Gasteiger partial charge in [0.05, 0.1) is 13.1 Å². The molecule has 3 heterocycles. The van der Waals surface area contributed by atoms with E-state index in [0.717, 1.165) is 13.1 Å². The molecule has 3 rings (SSSR count). The third kappa shape index (κ3) is 16.7. The minimum Gasteiger partial charge on any atom is -0.444 e. The molecule has 0 aromatic carbocycles. The van der Waals surface area contributed by atoms with Crippen LogP contribution >= 0.6 is 12.4 Å². The maximum absolute atomic E-state index is 11.5. The summed E-state index contributed by atoms with van der Waals surface area (Å²) >= 11 is 0. The molecule has 2 amide bonds. The molecule has 3 fully saturated rings. The number of ether oxygens (including phenoxy) is 2. The molecule has 0 aromatic rings. The molecule has 12 heteroatoms. The van der Waals surface area contributed by atoms with Crippen molar-refractivity contribution in [1.29, 1.82) is 0 Å². The van der Waals surface area contributed by atoms with E-state index >= 15 is 0 Å². The number of carbonyl (C=O) groups is 3. The molecule has 0 atom stereocenters. The first-order valence-corrected chi connectivity index (χ1v) is 12.5. The van der Waals surface area contributed by atoms with Crippen molar-refractivity contribution in [2.45, 2.75) is 65.2 Å². The Morgan fingerprint density at radius 1 is 0.838 bits per heavy atom. The predicted octanol–water partition coefficient (Wildman–Crippen LogP) is 2.40. The molecule has 11 nitrogen and oxygen atoms in total. The number of rotatable bonds is 2. The molecular weight excluding hydrogens is 500 g/mol. The summed E-state index contributed by atoms with van der Waals surface area (Å²) in [4.78, 5) is 38.4. The summed E-state index contributed by atoms with van der Waals surface area (Å²) < 4.78 is 10.3. The fourth-order valence-electron chi connectivity index (χ4n) is 2.79. The van der Waals surface area contributed by atoms with E-state index in [-0.39, 0.29) is 43.0 Å². The Bertz CT molecular complexity index is 676. The van der Waals surface area contributed by atoms with Gasteiger partial charge in [-0.15, -0.1) is 12.4 Å². The quantitative estimate of drug-likeness (QED) is 0.553. The van der Waals surface area contributed by atoms with Gasteiger partial charge in [0.1, 0.15) is 11.2 Å². The van der Waals surface area contributed by atoms with Gasteiger partial charge >= 0.3 is 12.2 Å². The SMILES string of the molecule is CC(C)(C)OC(=O)N1CC(=O)C1.CN(C)C1CN(C(=O)OC(C)(C)C)C1.CN(C)N1CCC1.CNC.Cl. The van der Waals surface area contributed by atoms with Crippen molar-refractivity contribution in [3.05, 3.63) is 0 Å². The highest BCUT2D eigenvalue weighted by Crippen LogP contribution is 2.17. The van der Waals surface area contributed by atoms with Crippen LogP contribution in [0.1, 0.15) is 48.0 Å². The molecule has 1 N–H and O–H groups in total. The second-order valence-corrected chi connectivity index (χ2v) is 11.5. The van der Waals surface area contributed by atoms with Crippen molar-refractivity contribution in [2.75, 3.05) is 81.6 Å². The molecule has 0 radical (unpaired) electrons. The number of hydrogen-bond acceptors (Lipinski definition) is 9. The lowest BCUT2D eigenvalue weighted by Gasteiger charge is -2.42. The average molecular weight is 553 g/mol. The number of amides is 2. The maximum atomic E-state index is 11.5. The summed E-state index contributed by atoms with van der Waals surface area (Å²) in [5.74, 6) is 0.0841. The number of carbonyl (C=O) groups excluding carboxylic acids is 3. The van der Waals surface area contributed by atoms with Crippen LogP contribution in [0.25, 0.3) is 0 Å². The van der Waals surface area contributed by atoms with Gasteiger partial charge in [-0.1, -0.05) is 0 Å². The van der Waals surface area contributed by atoms with Crippen LogP contribution in [0.3, 0.4) is 0 Å². The van der Waals surface area contributed by atoms with Crippen molar-refractivity contribution in [2.24, 2.45) is 0 Å². The van der Waals surface area contributed by atoms with Gasteiger partial charge < -0.3 is 24.6 Å². The second kappa shape index (κ2) is 17.0. The molecule has 3 saturated heterocycles. The van der Waals surface area contributed by atoms with Crippen molar-refractivity contribution in [3.63, 3.8) is 0 Å². The van der Waals surface area contributed by atoms with E-state index in [4.69, 9.17) is 9.47 Å². The van der Waals surface area contributed by atoms with E-state index in [9.17, 15) is 14.4 Å². The predicted molar refractivity (Wildman–Crippen MR) is 150 cm³/mol. The first kappa shape index (κ1) is 37.5. The summed E-state index contributed by atoms with van der Waals surface area (Å²) in [6.07, 6.45) is 0.774. The highest BCUT2D eigenvalue weighted by Gasteiger charge is 2.34. The lowest BCUT2D eigenvalue weighted by Crippen LogP contribution is -2.59. The van der Waals surface area contributed by atoms with Gasteiger partial charge in [-0.05, 0) is 76.2 Å². The van der Waals surface area contributed by atoms with E-state index in [2.05, 4.69) is 34.3 Å². The largest absolute Gasteiger partial charge is 0.444 e. The number of hydrogen-bond donors (Lipinski definition) is 1. The summed E-state index contributed by atoms with van der Waals surface area (Å²) in [7, 11) is 12.0. The first-order chi connectivity index (χ1) is 16.4. The summed E-state index contributed by atoms with van der Waals surface area (Å²) in [5, 5.41) is 7.20. The minimum absolute atomic E-state index is 0. The number of hydrazine groups is 1. The molecule has 0 unspecified atom stereocenters. The van der Waals surface area contributed by atoms with Gasteiger partial charge in [-0.25, -0.2) is 19.6 Å². The monoisotopic (exact) mass is 552 g/mol. The van der Waals surface area contributed by atoms with Crippen molar-refractivity contribution < 1.29 is 23.9 Å². The van der Waals surface area contributed by atoms with E-state index in [1.165, 1.54) is 24.4 Å². The first-order valence-electron chi connectivity index (χ1n) is 12.5. The molecule has 3 aliphatic heterocycles. The van der Waals surface area contributed by atoms with E-state index < -0.39 is 11.7 Å². The van der Waals surface area contributed by atoms with Crippen LogP contribution in [0, 0.1) is 0 Å². The number of Topliss-reactive ketones (excluding diaryl/α,β-unsaturated/α-hetero) is 1. The number of likely N-dealkylation sites (tertiary alicyclic amines) is 2. The van der Waals surface area contributed by atoms with Gasteiger partial charge in [-0.3, -0.25) is 9.69 Å². The number of nitrogens with one attached hydrogen (secondary N) is 1. The van der Waals surface area contributed by atoms with Gasteiger partial charge in [-0.2, -0.15) is 0 Å². The van der Waals surface area contributed by atoms with Crippen molar-refractivity contribution in [1.82, 2.24) is 30.0 Å². The molecular formula is C25H53ClN6O5. The van der Waals surface area contributed by atoms with Crippen LogP contribution in [0.15, 0.2) is 0 Å². The van der Waals surface area contributed by atoms with E-state index in [0.29, 0.717) is 6.04 Å². The van der Waals surface area contributed by atoms with Gasteiger partial charge in [0, 0.05) is 46.3 Å². The molecule has 0 aliphatic carbocycles. The van der Waals surface area contributed by atoms with E-state index in [1.807, 2.05) is 49.0 Å². The van der Waals surface area contributed by atoms with Gasteiger partial charge in [0.2, 0.25) is 0 Å². The second-order valence-electron chi connectivity index (χ2n) is 11.5. The smallest absolute Gasteiger partial charge is 0.411 e. The summed E-state index contributed by atoms with van der Waals surface area (Å²) in [6, 6.07) is 0.488. The number of halogens is 1. The molecule has 0 spiro atoms. The van der Waals surface area contributed by atoms with Crippen LogP contribution in [-0.4, -0.2) is 141 Å². The van der Waals surface area contributed by atoms with Crippen molar-refractivity contribution in [3.8, 4) is 0 Å². The summed E-state index contributed by atoms with van der Waals surface area (Å²) in [6.45, 7) is 15.5. The standard InChI is InChI=1S/C10H20N2O2.C8H13NO3.C5H12N2.C2H7N.ClH/c1-10(2,3)14-9(13)12-6-8(7-12)11(4)5;1-8(2,3)12-7(11)9-4-6(10)5-9;1-6(2)7-4-3-5-7;1-3-2;/h8H,6-7H2,1-5H3;4-5H2,1-3H3;3-5H2,1-2H3;3H,1-2H3;1H. The Kier molecular flexibility index (Phi) is 17.3. The van der Waals surface area contributed by atoms with Crippen LogP contribution in [0.5, 0.6) is 0 Å². The maximum Gasteiger partial charge on any atom is 0.411 e. The van der Waals surface area contributed by atoms with Crippen LogP contribution in [0.4, 0.5) is 9.59 Å². The van der Waals surface area contributed by atoms with Crippen LogP contribution < -0.4 is 5.32 Å². The van der Waals surface area contributed by atoms with Crippen LogP contribution in [0.2, 0.25) is 0 Å². The van der Waals surface area contributed by atoms with Crippen LogP contribution in [-0.2, 0) is 14.3 Å². The Hall–Kier alpha value is -1.66. The molecule has 0 aromatic heterocycles. The number of likely N-dealkylation sites (N-methyl/N-ethyl adjacent to an activating group) is 1. The molecule has 220 valence electrons. The van der Waals surface area contributed by atoms with Gasteiger partial charge in [0.25, 0.3) is 0 Å². The zero-order valence-corrected chi connectivity index (χ0v) is 26.0. The molecule has 0 bridgehead atoms. The van der Waals surface area contributed by atoms with Crippen molar-refractivity contribution >= 4 is 30.4 Å². The zero-order valence-electron chi connectivity index (χ0n) is 25.2. The Labute approximate surface area is 231 Å². The topological polar surface area (TPSA) is 97.9 Å². The highest BCUT2D eigenvalue weighted by molar-refractivity contribution is 5.94. The van der Waals surface area contributed by atoms with Gasteiger partial charge in [0.15, 0.2) is 5.78 Å². The fraction of sp³-hybridized carbons (Fsp3) is 0.880. The normalized spacial score (nSPS) is 17.3. The lowest BCUT2D eigenvalue weighted by atomic mass is 10.1.